The molecule has 18 heavy (non-hydrogen) atoms. The first-order valence-electron chi connectivity index (χ1n) is 5.38. The van der Waals surface area contributed by atoms with E-state index in [1.165, 1.54) is 11.7 Å². The Morgan fingerprint density at radius 2 is 2.06 bits per heavy atom. The third-order valence-corrected chi connectivity index (χ3v) is 2.99. The van der Waals surface area contributed by atoms with Crippen LogP contribution in [0.3, 0.4) is 0 Å². The Balaban J connectivity index is 3.04. The largest absolute Gasteiger partial charge is 0.506 e. The van der Waals surface area contributed by atoms with Gasteiger partial charge in [-0.25, -0.2) is 4.79 Å². The second kappa shape index (κ2) is 4.18. The number of fused-ring (bicyclic) bond motifs is 1. The van der Waals surface area contributed by atoms with Gasteiger partial charge in [0, 0.05) is 12.4 Å². The molecule has 0 unspecified atom stereocenters. The Kier molecular flexibility index (Phi) is 2.82. The quantitative estimate of drug-likeness (QED) is 0.772. The molecule has 0 bridgehead atoms. The smallest absolute Gasteiger partial charge is 0.347 e. The summed E-state index contributed by atoms with van der Waals surface area (Å²) in [6.45, 7) is 1.80. The molecular formula is C13H13NO4. The van der Waals surface area contributed by atoms with Crippen molar-refractivity contribution in [1.29, 1.82) is 0 Å². The van der Waals surface area contributed by atoms with E-state index in [0.717, 1.165) is 5.56 Å². The Labute approximate surface area is 103 Å². The predicted octanol–water partition coefficient (Wildman–Crippen LogP) is 1.34. The van der Waals surface area contributed by atoms with Crippen molar-refractivity contribution in [1.82, 2.24) is 4.57 Å². The van der Waals surface area contributed by atoms with Gasteiger partial charge in [-0.2, -0.15) is 0 Å². The Morgan fingerprint density at radius 1 is 1.39 bits per heavy atom. The number of nitrogens with zero attached hydrogens (tertiary/aromatic N) is 1. The monoisotopic (exact) mass is 247 g/mol. The third-order valence-electron chi connectivity index (χ3n) is 2.99. The van der Waals surface area contributed by atoms with Crippen molar-refractivity contribution in [3.8, 4) is 5.75 Å². The second-order valence-electron chi connectivity index (χ2n) is 4.05. The molecule has 1 heterocycles. The van der Waals surface area contributed by atoms with Crippen molar-refractivity contribution in [2.75, 3.05) is 7.11 Å². The topological polar surface area (TPSA) is 68.5 Å². The molecule has 0 atom stereocenters. The van der Waals surface area contributed by atoms with E-state index in [9.17, 15) is 14.7 Å². The summed E-state index contributed by atoms with van der Waals surface area (Å²) in [5.74, 6) is -1.16. The first kappa shape index (κ1) is 12.2. The zero-order valence-corrected chi connectivity index (χ0v) is 10.4. The van der Waals surface area contributed by atoms with Crippen LogP contribution in [-0.2, 0) is 11.8 Å². The van der Waals surface area contributed by atoms with Crippen molar-refractivity contribution in [3.63, 3.8) is 0 Å². The van der Waals surface area contributed by atoms with Crippen LogP contribution >= 0.6 is 0 Å². The molecule has 0 spiro atoms. The fraction of sp³-hybridized carbons (Fsp3) is 0.231. The summed E-state index contributed by atoms with van der Waals surface area (Å²) in [4.78, 5) is 23.6. The lowest BCUT2D eigenvalue weighted by Crippen LogP contribution is -2.25. The molecule has 0 amide bonds. The summed E-state index contributed by atoms with van der Waals surface area (Å²) < 4.78 is 5.86. The molecule has 0 saturated heterocycles. The van der Waals surface area contributed by atoms with Crippen LogP contribution < -0.4 is 5.56 Å². The van der Waals surface area contributed by atoms with Gasteiger partial charge in [-0.05, 0) is 18.6 Å². The number of ether oxygens (including phenoxy) is 1. The maximum absolute atomic E-state index is 12.0. The van der Waals surface area contributed by atoms with Crippen LogP contribution in [0.25, 0.3) is 10.9 Å². The number of aromatic nitrogens is 1. The highest BCUT2D eigenvalue weighted by Crippen LogP contribution is 2.29. The van der Waals surface area contributed by atoms with Gasteiger partial charge >= 0.3 is 5.97 Å². The molecule has 0 aliphatic heterocycles. The van der Waals surface area contributed by atoms with Gasteiger partial charge in [0.1, 0.15) is 5.75 Å². The summed E-state index contributed by atoms with van der Waals surface area (Å²) in [6, 6.07) is 5.30. The van der Waals surface area contributed by atoms with Gasteiger partial charge in [-0.1, -0.05) is 12.1 Å². The highest BCUT2D eigenvalue weighted by molar-refractivity contribution is 6.00. The van der Waals surface area contributed by atoms with Gasteiger partial charge < -0.3 is 14.4 Å². The van der Waals surface area contributed by atoms with E-state index in [0.29, 0.717) is 10.9 Å². The number of esters is 1. The number of carbonyl (C=O) groups excluding carboxylic acids is 1. The number of carbonyl (C=O) groups is 1. The van der Waals surface area contributed by atoms with Crippen LogP contribution in [0.4, 0.5) is 0 Å². The lowest BCUT2D eigenvalue weighted by atomic mass is 10.1. The summed E-state index contributed by atoms with van der Waals surface area (Å²) in [6.07, 6.45) is 0. The highest BCUT2D eigenvalue weighted by Gasteiger charge is 2.22. The van der Waals surface area contributed by atoms with E-state index in [-0.39, 0.29) is 11.3 Å². The first-order chi connectivity index (χ1) is 8.49. The molecular weight excluding hydrogens is 234 g/mol. The van der Waals surface area contributed by atoms with Crippen LogP contribution in [0.5, 0.6) is 5.75 Å². The lowest BCUT2D eigenvalue weighted by molar-refractivity contribution is 0.0595. The molecule has 5 heteroatoms. The number of pyridine rings is 1. The van der Waals surface area contributed by atoms with E-state index in [2.05, 4.69) is 4.74 Å². The van der Waals surface area contributed by atoms with Crippen LogP contribution in [0, 0.1) is 6.92 Å². The molecule has 1 aromatic heterocycles. The summed E-state index contributed by atoms with van der Waals surface area (Å²) in [7, 11) is 2.72. The minimum Gasteiger partial charge on any atom is -0.506 e. The molecule has 0 saturated carbocycles. The highest BCUT2D eigenvalue weighted by atomic mass is 16.5. The molecule has 0 aliphatic rings. The number of aromatic hydroxyl groups is 1. The lowest BCUT2D eigenvalue weighted by Gasteiger charge is -2.12. The van der Waals surface area contributed by atoms with Crippen molar-refractivity contribution in [2.45, 2.75) is 6.92 Å². The second-order valence-corrected chi connectivity index (χ2v) is 4.05. The molecule has 1 N–H and O–H groups in total. The first-order valence-corrected chi connectivity index (χ1v) is 5.38. The van der Waals surface area contributed by atoms with E-state index < -0.39 is 11.5 Å². The van der Waals surface area contributed by atoms with Gasteiger partial charge in [0.05, 0.1) is 12.6 Å². The minimum absolute atomic E-state index is 0.321. The summed E-state index contributed by atoms with van der Waals surface area (Å²) in [5.41, 5.74) is 0.454. The maximum Gasteiger partial charge on any atom is 0.347 e. The SMILES string of the molecule is COC(=O)c1c(O)c2c(C)cccc2n(C)c1=O. The van der Waals surface area contributed by atoms with Crippen LogP contribution in [0.2, 0.25) is 0 Å². The van der Waals surface area contributed by atoms with Crippen molar-refractivity contribution in [2.24, 2.45) is 7.05 Å². The molecule has 5 nitrogen and oxygen atoms in total. The maximum atomic E-state index is 12.0. The molecule has 1 aromatic carbocycles. The van der Waals surface area contributed by atoms with Gasteiger partial charge in [0.25, 0.3) is 5.56 Å². The van der Waals surface area contributed by atoms with E-state index >= 15 is 0 Å². The number of benzene rings is 1. The number of hydrogen-bond acceptors (Lipinski definition) is 4. The molecule has 2 aromatic rings. The van der Waals surface area contributed by atoms with Crippen LogP contribution in [-0.4, -0.2) is 22.8 Å². The molecule has 0 fully saturated rings. The molecule has 2 rings (SSSR count). The van der Waals surface area contributed by atoms with Crippen LogP contribution in [0.1, 0.15) is 15.9 Å². The zero-order chi connectivity index (χ0) is 13.4. The number of methoxy groups -OCH3 is 1. The Hall–Kier alpha value is -2.30. The van der Waals surface area contributed by atoms with Crippen molar-refractivity contribution < 1.29 is 14.6 Å². The van der Waals surface area contributed by atoms with Gasteiger partial charge in [0.15, 0.2) is 5.56 Å². The van der Waals surface area contributed by atoms with E-state index in [4.69, 9.17) is 0 Å². The number of rotatable bonds is 1. The Bertz CT molecular complexity index is 700. The summed E-state index contributed by atoms with van der Waals surface area (Å²) in [5, 5.41) is 10.6. The average molecular weight is 247 g/mol. The number of aryl methyl sites for hydroxylation is 2. The molecule has 0 radical (unpaired) electrons. The molecule has 0 aliphatic carbocycles. The average Bonchev–Trinajstić information content (AvgIpc) is 2.35. The van der Waals surface area contributed by atoms with Gasteiger partial charge in [-0.15, -0.1) is 0 Å². The van der Waals surface area contributed by atoms with E-state index in [1.54, 1.807) is 32.2 Å². The minimum atomic E-state index is -0.835. The fourth-order valence-electron chi connectivity index (χ4n) is 2.03. The Morgan fingerprint density at radius 3 is 2.67 bits per heavy atom. The van der Waals surface area contributed by atoms with E-state index in [1.807, 2.05) is 0 Å². The number of hydrogen-bond donors (Lipinski definition) is 1. The van der Waals surface area contributed by atoms with Crippen molar-refractivity contribution in [3.05, 3.63) is 39.7 Å². The van der Waals surface area contributed by atoms with Crippen molar-refractivity contribution >= 4 is 16.9 Å². The summed E-state index contributed by atoms with van der Waals surface area (Å²) >= 11 is 0. The standard InChI is InChI=1S/C13H13NO4/c1-7-5-4-6-8-9(7)11(15)10(13(17)18-3)12(16)14(8)2/h4-6,15H,1-3H3. The zero-order valence-electron chi connectivity index (χ0n) is 10.4. The predicted molar refractivity (Wildman–Crippen MR) is 66.9 cm³/mol. The van der Waals surface area contributed by atoms with Gasteiger partial charge in [0.2, 0.25) is 0 Å². The fourth-order valence-corrected chi connectivity index (χ4v) is 2.03. The van der Waals surface area contributed by atoms with Gasteiger partial charge in [-0.3, -0.25) is 4.79 Å². The third kappa shape index (κ3) is 1.55. The normalized spacial score (nSPS) is 10.6. The van der Waals surface area contributed by atoms with Crippen LogP contribution in [0.15, 0.2) is 23.0 Å². The molecule has 94 valence electrons.